The fraction of sp³-hybridized carbons (Fsp3) is 0.846. The van der Waals surface area contributed by atoms with Crippen LogP contribution in [0.25, 0.3) is 0 Å². The van der Waals surface area contributed by atoms with Gasteiger partial charge in [0, 0.05) is 0 Å². The van der Waals surface area contributed by atoms with Gasteiger partial charge in [0.15, 0.2) is 0 Å². The largest absolute Gasteiger partial charge is 0.481 e. The molecule has 0 aromatic rings. The third-order valence-electron chi connectivity index (χ3n) is 3.08. The van der Waals surface area contributed by atoms with Gasteiger partial charge in [-0.1, -0.05) is 39.5 Å². The van der Waals surface area contributed by atoms with Crippen molar-refractivity contribution >= 4 is 11.9 Å². The van der Waals surface area contributed by atoms with E-state index < -0.39 is 23.8 Å². The van der Waals surface area contributed by atoms with E-state index >= 15 is 0 Å². The molecule has 17 heavy (non-hydrogen) atoms. The summed E-state index contributed by atoms with van der Waals surface area (Å²) in [5.74, 6) is -2.73. The number of rotatable bonds is 10. The van der Waals surface area contributed by atoms with Gasteiger partial charge in [0.25, 0.3) is 0 Å². The molecule has 0 saturated carbocycles. The minimum atomic E-state index is -0.860. The fourth-order valence-corrected chi connectivity index (χ4v) is 1.93. The minimum absolute atomic E-state index is 0.269. The first-order valence-corrected chi connectivity index (χ1v) is 6.48. The molecule has 2 N–H and O–H groups in total. The SMILES string of the molecule is CCCCC(CC(CCCC)C(=O)O)C(=O)O. The maximum Gasteiger partial charge on any atom is 0.306 e. The van der Waals surface area contributed by atoms with Crippen molar-refractivity contribution in [2.24, 2.45) is 11.8 Å². The van der Waals surface area contributed by atoms with E-state index in [2.05, 4.69) is 0 Å². The van der Waals surface area contributed by atoms with E-state index in [1.807, 2.05) is 13.8 Å². The van der Waals surface area contributed by atoms with E-state index in [0.717, 1.165) is 25.7 Å². The molecule has 0 aromatic carbocycles. The average molecular weight is 244 g/mol. The molecule has 0 amide bonds. The Kier molecular flexibility index (Phi) is 8.46. The molecule has 2 atom stereocenters. The predicted molar refractivity (Wildman–Crippen MR) is 65.9 cm³/mol. The van der Waals surface area contributed by atoms with E-state index in [0.29, 0.717) is 12.8 Å². The van der Waals surface area contributed by atoms with Gasteiger partial charge in [-0.3, -0.25) is 9.59 Å². The molecule has 0 aliphatic heterocycles. The Balaban J connectivity index is 4.34. The molecule has 0 bridgehead atoms. The van der Waals surface area contributed by atoms with Crippen LogP contribution in [0.2, 0.25) is 0 Å². The van der Waals surface area contributed by atoms with Crippen LogP contribution in [0, 0.1) is 11.8 Å². The van der Waals surface area contributed by atoms with Gasteiger partial charge in [0.2, 0.25) is 0 Å². The van der Waals surface area contributed by atoms with Crippen LogP contribution in [0.5, 0.6) is 0 Å². The standard InChI is InChI=1S/C13H24O4/c1-3-5-7-10(12(14)15)9-11(13(16)17)8-6-4-2/h10-11H,3-9H2,1-2H3,(H,14,15)(H,16,17). The molecular weight excluding hydrogens is 220 g/mol. The highest BCUT2D eigenvalue weighted by Gasteiger charge is 2.25. The molecule has 2 unspecified atom stereocenters. The number of hydrogen-bond donors (Lipinski definition) is 2. The molecule has 0 fully saturated rings. The Morgan fingerprint density at radius 2 is 1.24 bits per heavy atom. The maximum absolute atomic E-state index is 11.0. The number of aliphatic carboxylic acids is 2. The Bertz CT molecular complexity index is 214. The molecule has 0 spiro atoms. The number of hydrogen-bond acceptors (Lipinski definition) is 2. The summed E-state index contributed by atoms with van der Waals surface area (Å²) < 4.78 is 0. The first kappa shape index (κ1) is 15.9. The molecule has 0 heterocycles. The summed E-state index contributed by atoms with van der Waals surface area (Å²) in [6.07, 6.45) is 5.01. The lowest BCUT2D eigenvalue weighted by Crippen LogP contribution is -2.23. The summed E-state index contributed by atoms with van der Waals surface area (Å²) in [7, 11) is 0. The first-order valence-electron chi connectivity index (χ1n) is 6.48. The fourth-order valence-electron chi connectivity index (χ4n) is 1.93. The highest BCUT2D eigenvalue weighted by atomic mass is 16.4. The van der Waals surface area contributed by atoms with E-state index in [9.17, 15) is 9.59 Å². The molecular formula is C13H24O4. The van der Waals surface area contributed by atoms with Gasteiger partial charge in [-0.05, 0) is 19.3 Å². The second-order valence-corrected chi connectivity index (χ2v) is 4.59. The van der Waals surface area contributed by atoms with Gasteiger partial charge < -0.3 is 10.2 Å². The minimum Gasteiger partial charge on any atom is -0.481 e. The summed E-state index contributed by atoms with van der Waals surface area (Å²) in [5.41, 5.74) is 0. The lowest BCUT2D eigenvalue weighted by Gasteiger charge is -2.17. The smallest absolute Gasteiger partial charge is 0.306 e. The van der Waals surface area contributed by atoms with E-state index in [-0.39, 0.29) is 6.42 Å². The molecule has 100 valence electrons. The van der Waals surface area contributed by atoms with Crippen LogP contribution >= 0.6 is 0 Å². The second kappa shape index (κ2) is 9.02. The zero-order chi connectivity index (χ0) is 13.3. The number of carboxylic acids is 2. The van der Waals surface area contributed by atoms with Crippen LogP contribution in [-0.4, -0.2) is 22.2 Å². The lowest BCUT2D eigenvalue weighted by atomic mass is 9.88. The molecule has 0 saturated heterocycles. The van der Waals surface area contributed by atoms with Crippen LogP contribution < -0.4 is 0 Å². The summed E-state index contributed by atoms with van der Waals surface area (Å²) in [6, 6.07) is 0. The highest BCUT2D eigenvalue weighted by molar-refractivity contribution is 5.73. The Hall–Kier alpha value is -1.06. The quantitative estimate of drug-likeness (QED) is 0.619. The second-order valence-electron chi connectivity index (χ2n) is 4.59. The van der Waals surface area contributed by atoms with Crippen molar-refractivity contribution in [2.45, 2.75) is 58.8 Å². The number of unbranched alkanes of at least 4 members (excludes halogenated alkanes) is 2. The van der Waals surface area contributed by atoms with Crippen molar-refractivity contribution in [1.82, 2.24) is 0 Å². The molecule has 0 rings (SSSR count). The van der Waals surface area contributed by atoms with Crippen molar-refractivity contribution in [1.29, 1.82) is 0 Å². The number of carboxylic acid groups (broad SMARTS) is 2. The zero-order valence-corrected chi connectivity index (χ0v) is 10.8. The molecule has 4 heteroatoms. The maximum atomic E-state index is 11.0. The van der Waals surface area contributed by atoms with Gasteiger partial charge in [-0.2, -0.15) is 0 Å². The Morgan fingerprint density at radius 1 is 0.882 bits per heavy atom. The predicted octanol–water partition coefficient (Wildman–Crippen LogP) is 3.16. The Labute approximate surface area is 103 Å². The van der Waals surface area contributed by atoms with Crippen LogP contribution in [0.4, 0.5) is 0 Å². The summed E-state index contributed by atoms with van der Waals surface area (Å²) in [5, 5.41) is 18.1. The van der Waals surface area contributed by atoms with Gasteiger partial charge in [-0.15, -0.1) is 0 Å². The van der Waals surface area contributed by atoms with E-state index in [4.69, 9.17) is 10.2 Å². The summed E-state index contributed by atoms with van der Waals surface area (Å²) >= 11 is 0. The summed E-state index contributed by atoms with van der Waals surface area (Å²) in [6.45, 7) is 4.01. The third kappa shape index (κ3) is 6.97. The molecule has 0 radical (unpaired) electrons. The molecule has 0 aromatic heterocycles. The van der Waals surface area contributed by atoms with Crippen molar-refractivity contribution in [3.63, 3.8) is 0 Å². The first-order chi connectivity index (χ1) is 8.02. The van der Waals surface area contributed by atoms with Crippen LogP contribution in [0.1, 0.15) is 58.8 Å². The van der Waals surface area contributed by atoms with Crippen molar-refractivity contribution in [2.75, 3.05) is 0 Å². The monoisotopic (exact) mass is 244 g/mol. The van der Waals surface area contributed by atoms with Crippen molar-refractivity contribution in [3.05, 3.63) is 0 Å². The third-order valence-corrected chi connectivity index (χ3v) is 3.08. The zero-order valence-electron chi connectivity index (χ0n) is 10.8. The Morgan fingerprint density at radius 3 is 1.47 bits per heavy atom. The van der Waals surface area contributed by atoms with Crippen molar-refractivity contribution in [3.8, 4) is 0 Å². The van der Waals surface area contributed by atoms with E-state index in [1.165, 1.54) is 0 Å². The summed E-state index contributed by atoms with van der Waals surface area (Å²) in [4.78, 5) is 22.1. The van der Waals surface area contributed by atoms with Gasteiger partial charge in [0.1, 0.15) is 0 Å². The lowest BCUT2D eigenvalue weighted by molar-refractivity contribution is -0.146. The molecule has 0 aliphatic rings. The van der Waals surface area contributed by atoms with Gasteiger partial charge in [0.05, 0.1) is 11.8 Å². The van der Waals surface area contributed by atoms with Gasteiger partial charge in [-0.25, -0.2) is 0 Å². The highest BCUT2D eigenvalue weighted by Crippen LogP contribution is 2.23. The van der Waals surface area contributed by atoms with Crippen LogP contribution in [-0.2, 0) is 9.59 Å². The normalized spacial score (nSPS) is 14.2. The molecule has 4 nitrogen and oxygen atoms in total. The van der Waals surface area contributed by atoms with E-state index in [1.54, 1.807) is 0 Å². The van der Waals surface area contributed by atoms with Gasteiger partial charge >= 0.3 is 11.9 Å². The van der Waals surface area contributed by atoms with Crippen LogP contribution in [0.15, 0.2) is 0 Å². The van der Waals surface area contributed by atoms with Crippen LogP contribution in [0.3, 0.4) is 0 Å². The topological polar surface area (TPSA) is 74.6 Å². The van der Waals surface area contributed by atoms with Crippen molar-refractivity contribution < 1.29 is 19.8 Å². The average Bonchev–Trinajstić information content (AvgIpc) is 2.27. The molecule has 0 aliphatic carbocycles. The number of carbonyl (C=O) groups is 2.